The molecule has 86 valence electrons. The standard InChI is InChI=1S/C7H4F6O2.Na/c8-3-1-2-5(9,4(14)15)7(12,13)6(3,10)11;/h1-3H,(H,14,15);/q;+1/p-1. The Hall–Kier alpha value is -0.210. The number of allylic oxidation sites excluding steroid dienone is 1. The predicted molar refractivity (Wildman–Crippen MR) is 32.8 cm³/mol. The smallest absolute Gasteiger partial charge is 0.546 e. The SMILES string of the molecule is O=C([O-])C1(F)C=CC(F)C(F)(F)C1(F)F.[Na+]. The third-order valence-corrected chi connectivity index (χ3v) is 2.01. The predicted octanol–water partition coefficient (Wildman–Crippen LogP) is -2.37. The van der Waals surface area contributed by atoms with Crippen LogP contribution in [0.5, 0.6) is 0 Å². The van der Waals surface area contributed by atoms with Crippen LogP contribution in [0.2, 0.25) is 0 Å². The molecule has 0 radical (unpaired) electrons. The molecule has 2 unspecified atom stereocenters. The van der Waals surface area contributed by atoms with E-state index >= 15 is 0 Å². The number of hydrogen-bond acceptors (Lipinski definition) is 2. The van der Waals surface area contributed by atoms with Crippen molar-refractivity contribution < 1.29 is 65.8 Å². The number of rotatable bonds is 1. The zero-order valence-corrected chi connectivity index (χ0v) is 9.82. The number of aliphatic carboxylic acids is 1. The summed E-state index contributed by atoms with van der Waals surface area (Å²) in [5.74, 6) is -14.2. The van der Waals surface area contributed by atoms with E-state index in [4.69, 9.17) is 0 Å². The van der Waals surface area contributed by atoms with Gasteiger partial charge in [-0.2, -0.15) is 17.6 Å². The number of carboxylic acid groups (broad SMARTS) is 1. The molecule has 0 saturated heterocycles. The Kier molecular flexibility index (Phi) is 4.17. The summed E-state index contributed by atoms with van der Waals surface area (Å²) >= 11 is 0. The number of carboxylic acids is 1. The molecule has 0 aromatic heterocycles. The van der Waals surface area contributed by atoms with E-state index in [1.807, 2.05) is 0 Å². The zero-order chi connectivity index (χ0) is 12.1. The van der Waals surface area contributed by atoms with Crippen molar-refractivity contribution in [3.63, 3.8) is 0 Å². The molecular weight excluding hydrogens is 253 g/mol. The molecule has 1 rings (SSSR count). The molecule has 16 heavy (non-hydrogen) atoms. The summed E-state index contributed by atoms with van der Waals surface area (Å²) in [7, 11) is 0. The van der Waals surface area contributed by atoms with Crippen LogP contribution in [-0.2, 0) is 4.79 Å². The second kappa shape index (κ2) is 4.23. The summed E-state index contributed by atoms with van der Waals surface area (Å²) in [6, 6.07) is 0. The summed E-state index contributed by atoms with van der Waals surface area (Å²) in [6.45, 7) is 0. The molecule has 0 aromatic carbocycles. The molecule has 2 atom stereocenters. The molecule has 2 nitrogen and oxygen atoms in total. The summed E-state index contributed by atoms with van der Waals surface area (Å²) in [5, 5.41) is 10.0. The molecule has 0 N–H and O–H groups in total. The number of hydrogen-bond donors (Lipinski definition) is 0. The molecule has 0 aliphatic heterocycles. The Morgan fingerprint density at radius 3 is 2.00 bits per heavy atom. The van der Waals surface area contributed by atoms with Gasteiger partial charge in [0.2, 0.25) is 5.67 Å². The fraction of sp³-hybridized carbons (Fsp3) is 0.571. The van der Waals surface area contributed by atoms with Gasteiger partial charge in [0.1, 0.15) is 0 Å². The van der Waals surface area contributed by atoms with E-state index in [-0.39, 0.29) is 35.6 Å². The van der Waals surface area contributed by atoms with Crippen LogP contribution >= 0.6 is 0 Å². The maximum absolute atomic E-state index is 13.0. The molecule has 0 fully saturated rings. The summed E-state index contributed by atoms with van der Waals surface area (Å²) < 4.78 is 75.8. The Morgan fingerprint density at radius 1 is 1.19 bits per heavy atom. The van der Waals surface area contributed by atoms with Gasteiger partial charge in [0.15, 0.2) is 6.17 Å². The third kappa shape index (κ3) is 1.76. The van der Waals surface area contributed by atoms with E-state index in [0.717, 1.165) is 0 Å². The monoisotopic (exact) mass is 256 g/mol. The quantitative estimate of drug-likeness (QED) is 0.299. The van der Waals surface area contributed by atoms with Crippen molar-refractivity contribution in [1.29, 1.82) is 0 Å². The van der Waals surface area contributed by atoms with Crippen molar-refractivity contribution in [1.82, 2.24) is 0 Å². The van der Waals surface area contributed by atoms with Crippen molar-refractivity contribution in [3.8, 4) is 0 Å². The van der Waals surface area contributed by atoms with Gasteiger partial charge in [-0.1, -0.05) is 0 Å². The average Bonchev–Trinajstić information content (AvgIpc) is 2.10. The molecule has 0 spiro atoms. The fourth-order valence-corrected chi connectivity index (χ4v) is 1.05. The Balaban J connectivity index is 0.00000225. The minimum absolute atomic E-state index is 0. The summed E-state index contributed by atoms with van der Waals surface area (Å²) in [6.07, 6.45) is -4.19. The maximum atomic E-state index is 13.0. The van der Waals surface area contributed by atoms with Gasteiger partial charge in [-0.05, 0) is 12.2 Å². The minimum atomic E-state index is -5.70. The first-order valence-corrected chi connectivity index (χ1v) is 3.57. The second-order valence-corrected chi connectivity index (χ2v) is 2.96. The van der Waals surface area contributed by atoms with Crippen molar-refractivity contribution in [3.05, 3.63) is 12.2 Å². The molecule has 0 bridgehead atoms. The van der Waals surface area contributed by atoms with Crippen molar-refractivity contribution >= 4 is 5.97 Å². The molecule has 0 heterocycles. The normalized spacial score (nSPS) is 35.2. The summed E-state index contributed by atoms with van der Waals surface area (Å²) in [4.78, 5) is 10.0. The van der Waals surface area contributed by atoms with E-state index in [9.17, 15) is 36.2 Å². The molecule has 0 amide bonds. The van der Waals surface area contributed by atoms with E-state index in [1.165, 1.54) is 0 Å². The van der Waals surface area contributed by atoms with Gasteiger partial charge in [0, 0.05) is 0 Å². The maximum Gasteiger partial charge on any atom is 1.00 e. The van der Waals surface area contributed by atoms with Crippen LogP contribution in [0.4, 0.5) is 26.3 Å². The van der Waals surface area contributed by atoms with Gasteiger partial charge >= 0.3 is 41.4 Å². The van der Waals surface area contributed by atoms with Crippen LogP contribution in [0.15, 0.2) is 12.2 Å². The van der Waals surface area contributed by atoms with E-state index in [0.29, 0.717) is 0 Å². The molecule has 1 aliphatic rings. The fourth-order valence-electron chi connectivity index (χ4n) is 1.05. The Morgan fingerprint density at radius 2 is 1.62 bits per heavy atom. The van der Waals surface area contributed by atoms with Gasteiger partial charge in [0.25, 0.3) is 0 Å². The minimum Gasteiger partial charge on any atom is -0.546 e. The number of carbonyl (C=O) groups is 1. The van der Waals surface area contributed by atoms with Gasteiger partial charge in [-0.3, -0.25) is 0 Å². The van der Waals surface area contributed by atoms with E-state index < -0.39 is 35.7 Å². The van der Waals surface area contributed by atoms with Crippen LogP contribution in [-0.4, -0.2) is 29.7 Å². The third-order valence-electron chi connectivity index (χ3n) is 2.01. The molecule has 1 aliphatic carbocycles. The molecule has 0 aromatic rings. The van der Waals surface area contributed by atoms with Crippen molar-refractivity contribution in [2.75, 3.05) is 0 Å². The first-order chi connectivity index (χ1) is 6.57. The zero-order valence-electron chi connectivity index (χ0n) is 7.82. The number of alkyl halides is 6. The first-order valence-electron chi connectivity index (χ1n) is 3.57. The topological polar surface area (TPSA) is 40.1 Å². The van der Waals surface area contributed by atoms with Crippen molar-refractivity contribution in [2.45, 2.75) is 23.7 Å². The van der Waals surface area contributed by atoms with E-state index in [1.54, 1.807) is 0 Å². The molecule has 9 heteroatoms. The average molecular weight is 256 g/mol. The number of carbonyl (C=O) groups excluding carboxylic acids is 1. The first kappa shape index (κ1) is 15.8. The summed E-state index contributed by atoms with van der Waals surface area (Å²) in [5.41, 5.74) is -4.71. The van der Waals surface area contributed by atoms with Crippen molar-refractivity contribution in [2.24, 2.45) is 0 Å². The van der Waals surface area contributed by atoms with Crippen LogP contribution < -0.4 is 34.7 Å². The largest absolute Gasteiger partial charge is 1.00 e. The van der Waals surface area contributed by atoms with Gasteiger partial charge in [-0.25, -0.2) is 8.78 Å². The Bertz CT molecular complexity index is 331. The Labute approximate surface area is 108 Å². The molecule has 0 saturated carbocycles. The van der Waals surface area contributed by atoms with E-state index in [2.05, 4.69) is 0 Å². The van der Waals surface area contributed by atoms with Crippen LogP contribution in [0, 0.1) is 0 Å². The van der Waals surface area contributed by atoms with Gasteiger partial charge in [0.05, 0.1) is 5.97 Å². The van der Waals surface area contributed by atoms with Crippen LogP contribution in [0.1, 0.15) is 0 Å². The second-order valence-electron chi connectivity index (χ2n) is 2.96. The van der Waals surface area contributed by atoms with Gasteiger partial charge in [-0.15, -0.1) is 0 Å². The van der Waals surface area contributed by atoms with Crippen LogP contribution in [0.3, 0.4) is 0 Å². The van der Waals surface area contributed by atoms with Gasteiger partial charge < -0.3 is 9.90 Å². The number of halogens is 6. The molecular formula is C7H3F6NaO2. The van der Waals surface area contributed by atoms with Crippen LogP contribution in [0.25, 0.3) is 0 Å².